The Morgan fingerprint density at radius 3 is 2.48 bits per heavy atom. The number of anilines is 1. The number of aryl methyl sites for hydroxylation is 1. The summed E-state index contributed by atoms with van der Waals surface area (Å²) < 4.78 is 0. The van der Waals surface area contributed by atoms with Crippen molar-refractivity contribution in [3.63, 3.8) is 0 Å². The number of fused-ring (bicyclic) bond motifs is 1. The third kappa shape index (κ3) is 6.42. The number of rotatable bonds is 5. The molecule has 1 amide bonds. The summed E-state index contributed by atoms with van der Waals surface area (Å²) in [5, 5.41) is 12.3. The van der Waals surface area contributed by atoms with Crippen molar-refractivity contribution in [1.82, 2.24) is 14.8 Å². The Labute approximate surface area is 186 Å². The molecule has 2 N–H and O–H groups in total. The Bertz CT molecular complexity index is 738. The average molecular weight is 431 g/mol. The first-order valence-electron chi connectivity index (χ1n) is 12.0. The van der Waals surface area contributed by atoms with Crippen LogP contribution in [0.2, 0.25) is 0 Å². The molecule has 4 rings (SSSR count). The van der Waals surface area contributed by atoms with Gasteiger partial charge in [-0.15, -0.1) is 0 Å². The second-order valence-corrected chi connectivity index (χ2v) is 8.76. The summed E-state index contributed by atoms with van der Waals surface area (Å²) in [5.74, 6) is 1.20. The Balaban J connectivity index is 0.00000132. The molecule has 0 aromatic carbocycles. The van der Waals surface area contributed by atoms with Crippen molar-refractivity contribution < 1.29 is 14.7 Å². The number of hydrogen-bond acceptors (Lipinski definition) is 5. The highest BCUT2D eigenvalue weighted by Crippen LogP contribution is 2.27. The van der Waals surface area contributed by atoms with E-state index in [0.29, 0.717) is 19.0 Å². The fourth-order valence-electron chi connectivity index (χ4n) is 4.92. The summed E-state index contributed by atoms with van der Waals surface area (Å²) in [4.78, 5) is 32.5. The largest absolute Gasteiger partial charge is 0.480 e. The van der Waals surface area contributed by atoms with Gasteiger partial charge in [0, 0.05) is 31.2 Å². The third-order valence-corrected chi connectivity index (χ3v) is 6.67. The van der Waals surface area contributed by atoms with Gasteiger partial charge in [0.1, 0.15) is 5.82 Å². The number of nitrogens with one attached hydrogen (secondary N) is 1. The molecule has 0 spiro atoms. The van der Waals surface area contributed by atoms with Crippen LogP contribution in [0.25, 0.3) is 0 Å². The highest BCUT2D eigenvalue weighted by Gasteiger charge is 2.31. The predicted octanol–water partition coefficient (Wildman–Crippen LogP) is 3.04. The van der Waals surface area contributed by atoms with Crippen LogP contribution in [0.15, 0.2) is 12.1 Å². The van der Waals surface area contributed by atoms with Gasteiger partial charge in [-0.2, -0.15) is 0 Å². The SMILES string of the molecule is CC.O=C(O)CN1CCC(C(=O)N2CCC(Cc3ccc4c(n3)NCCC4)CC2)CC1. The van der Waals surface area contributed by atoms with Gasteiger partial charge in [-0.1, -0.05) is 19.9 Å². The first-order valence-corrected chi connectivity index (χ1v) is 12.0. The second kappa shape index (κ2) is 11.5. The molecule has 4 heterocycles. The summed E-state index contributed by atoms with van der Waals surface area (Å²) in [6.07, 6.45) is 6.91. The molecule has 0 unspecified atom stereocenters. The number of carboxylic acid groups (broad SMARTS) is 1. The topological polar surface area (TPSA) is 85.8 Å². The van der Waals surface area contributed by atoms with Crippen LogP contribution in [0.1, 0.15) is 57.2 Å². The van der Waals surface area contributed by atoms with E-state index in [1.807, 2.05) is 23.6 Å². The summed E-state index contributed by atoms with van der Waals surface area (Å²) in [6.45, 7) is 8.18. The normalized spacial score (nSPS) is 20.3. The van der Waals surface area contributed by atoms with Gasteiger partial charge in [0.15, 0.2) is 0 Å². The van der Waals surface area contributed by atoms with Crippen molar-refractivity contribution in [2.45, 2.75) is 58.8 Å². The van der Waals surface area contributed by atoms with Gasteiger partial charge >= 0.3 is 5.97 Å². The van der Waals surface area contributed by atoms with Crippen LogP contribution in [-0.2, 0) is 22.4 Å². The van der Waals surface area contributed by atoms with E-state index in [4.69, 9.17) is 10.1 Å². The minimum atomic E-state index is -0.791. The lowest BCUT2D eigenvalue weighted by Gasteiger charge is -2.37. The quantitative estimate of drug-likeness (QED) is 0.747. The maximum absolute atomic E-state index is 12.9. The highest BCUT2D eigenvalue weighted by molar-refractivity contribution is 5.79. The molecule has 172 valence electrons. The lowest BCUT2D eigenvalue weighted by atomic mass is 9.89. The van der Waals surface area contributed by atoms with Gasteiger partial charge in [0.05, 0.1) is 6.54 Å². The number of carboxylic acids is 1. The zero-order valence-corrected chi connectivity index (χ0v) is 19.1. The van der Waals surface area contributed by atoms with Gasteiger partial charge in [0.2, 0.25) is 5.91 Å². The fourth-order valence-corrected chi connectivity index (χ4v) is 4.92. The Hall–Kier alpha value is -2.15. The third-order valence-electron chi connectivity index (χ3n) is 6.67. The minimum Gasteiger partial charge on any atom is -0.480 e. The van der Waals surface area contributed by atoms with E-state index in [2.05, 4.69) is 17.4 Å². The van der Waals surface area contributed by atoms with Gasteiger partial charge in [-0.25, -0.2) is 4.98 Å². The van der Waals surface area contributed by atoms with Gasteiger partial charge in [0.25, 0.3) is 0 Å². The van der Waals surface area contributed by atoms with Crippen LogP contribution in [0.3, 0.4) is 0 Å². The first kappa shape index (κ1) is 23.5. The number of nitrogens with zero attached hydrogens (tertiary/aromatic N) is 3. The molecule has 0 bridgehead atoms. The van der Waals surface area contributed by atoms with Crippen molar-refractivity contribution >= 4 is 17.7 Å². The number of aromatic nitrogens is 1. The number of pyridine rings is 1. The van der Waals surface area contributed by atoms with E-state index >= 15 is 0 Å². The van der Waals surface area contributed by atoms with Gasteiger partial charge < -0.3 is 15.3 Å². The van der Waals surface area contributed by atoms with E-state index in [1.54, 1.807) is 0 Å². The summed E-state index contributed by atoms with van der Waals surface area (Å²) in [7, 11) is 0. The molecule has 2 fully saturated rings. The van der Waals surface area contributed by atoms with Crippen molar-refractivity contribution in [3.05, 3.63) is 23.4 Å². The van der Waals surface area contributed by atoms with Crippen LogP contribution in [0.4, 0.5) is 5.82 Å². The zero-order chi connectivity index (χ0) is 22.2. The van der Waals surface area contributed by atoms with Gasteiger partial charge in [-0.3, -0.25) is 14.5 Å². The molecule has 3 aliphatic rings. The van der Waals surface area contributed by atoms with Crippen molar-refractivity contribution in [1.29, 1.82) is 0 Å². The number of piperidine rings is 2. The molecule has 0 saturated carbocycles. The molecular weight excluding hydrogens is 392 g/mol. The maximum Gasteiger partial charge on any atom is 0.317 e. The van der Waals surface area contributed by atoms with E-state index in [0.717, 1.165) is 69.7 Å². The number of hydrogen-bond donors (Lipinski definition) is 2. The lowest BCUT2D eigenvalue weighted by molar-refractivity contribution is -0.140. The smallest absolute Gasteiger partial charge is 0.317 e. The first-order chi connectivity index (χ1) is 15.1. The van der Waals surface area contributed by atoms with Crippen LogP contribution in [-0.4, -0.2) is 71.0 Å². The van der Waals surface area contributed by atoms with Crippen LogP contribution in [0, 0.1) is 11.8 Å². The number of likely N-dealkylation sites (tertiary alicyclic amines) is 2. The predicted molar refractivity (Wildman–Crippen MR) is 122 cm³/mol. The second-order valence-electron chi connectivity index (χ2n) is 8.76. The average Bonchev–Trinajstić information content (AvgIpc) is 2.80. The molecule has 0 radical (unpaired) electrons. The number of carbonyl (C=O) groups is 2. The minimum absolute atomic E-state index is 0.0602. The lowest BCUT2D eigenvalue weighted by Crippen LogP contribution is -2.46. The van der Waals surface area contributed by atoms with Crippen molar-refractivity contribution in [2.24, 2.45) is 11.8 Å². The molecule has 7 heteroatoms. The van der Waals surface area contributed by atoms with Crippen LogP contribution in [0.5, 0.6) is 0 Å². The number of aliphatic carboxylic acids is 1. The fraction of sp³-hybridized carbons (Fsp3) is 0.708. The molecular formula is C24H38N4O3. The summed E-state index contributed by atoms with van der Waals surface area (Å²) >= 11 is 0. The molecule has 2 saturated heterocycles. The van der Waals surface area contributed by atoms with Gasteiger partial charge in [-0.05, 0) is 75.6 Å². The summed E-state index contributed by atoms with van der Waals surface area (Å²) in [6, 6.07) is 4.40. The summed E-state index contributed by atoms with van der Waals surface area (Å²) in [5.41, 5.74) is 2.49. The van der Waals surface area contributed by atoms with Crippen LogP contribution < -0.4 is 5.32 Å². The zero-order valence-electron chi connectivity index (χ0n) is 19.1. The van der Waals surface area contributed by atoms with E-state index in [1.165, 1.54) is 12.0 Å². The van der Waals surface area contributed by atoms with Crippen molar-refractivity contribution in [2.75, 3.05) is 44.6 Å². The molecule has 0 atom stereocenters. The van der Waals surface area contributed by atoms with E-state index in [9.17, 15) is 9.59 Å². The van der Waals surface area contributed by atoms with E-state index < -0.39 is 5.97 Å². The molecule has 1 aromatic heterocycles. The maximum atomic E-state index is 12.9. The Morgan fingerprint density at radius 2 is 1.81 bits per heavy atom. The molecule has 31 heavy (non-hydrogen) atoms. The van der Waals surface area contributed by atoms with Crippen molar-refractivity contribution in [3.8, 4) is 0 Å². The standard InChI is InChI=1S/C22H32N4O3.C2H6/c27-20(28)15-25-10-7-18(8-11-25)22(29)26-12-5-16(6-13-26)14-19-4-3-17-2-1-9-23-21(17)24-19;1-2/h3-4,16,18H,1-2,5-15H2,(H,23,24)(H,27,28);1-2H3. The Morgan fingerprint density at radius 1 is 1.10 bits per heavy atom. The molecule has 7 nitrogen and oxygen atoms in total. The molecule has 3 aliphatic heterocycles. The molecule has 1 aromatic rings. The van der Waals surface area contributed by atoms with E-state index in [-0.39, 0.29) is 18.4 Å². The number of carbonyl (C=O) groups excluding carboxylic acids is 1. The van der Waals surface area contributed by atoms with Crippen LogP contribution >= 0.6 is 0 Å². The number of amides is 1. The Kier molecular flexibility index (Phi) is 8.69. The monoisotopic (exact) mass is 430 g/mol. The highest BCUT2D eigenvalue weighted by atomic mass is 16.4. The molecule has 0 aliphatic carbocycles.